The molecule has 6 heteroatoms. The minimum atomic E-state index is -0.424. The Kier molecular flexibility index (Phi) is 8.14. The van der Waals surface area contributed by atoms with Gasteiger partial charge in [0.15, 0.2) is 0 Å². The molecule has 0 unspecified atom stereocenters. The summed E-state index contributed by atoms with van der Waals surface area (Å²) in [4.78, 5) is 10.3. The topological polar surface area (TPSA) is 52.4 Å². The normalized spacial score (nSPS) is 10.6. The van der Waals surface area contributed by atoms with Crippen LogP contribution in [0.5, 0.6) is 5.75 Å². The second-order valence-electron chi connectivity index (χ2n) is 4.61. The Bertz CT molecular complexity index is 429. The van der Waals surface area contributed by atoms with Crippen molar-refractivity contribution in [3.8, 4) is 5.75 Å². The molecule has 0 saturated carbocycles. The molecular weight excluding hydrogens is 390 g/mol. The third-order valence-electron chi connectivity index (χ3n) is 2.94. The van der Waals surface area contributed by atoms with E-state index in [1.807, 2.05) is 0 Å². The van der Waals surface area contributed by atoms with Crippen molar-refractivity contribution in [1.82, 2.24) is 0 Å². The van der Waals surface area contributed by atoms with Crippen LogP contribution in [0.4, 0.5) is 5.69 Å². The number of nitrogens with zero attached hydrogens (tertiary/aromatic N) is 1. The molecule has 1 aromatic rings. The molecule has 0 aliphatic rings. The highest BCUT2D eigenvalue weighted by Gasteiger charge is 2.14. The number of halogens is 2. The molecule has 1 rings (SSSR count). The Labute approximate surface area is 136 Å². The lowest BCUT2D eigenvalue weighted by Crippen LogP contribution is -1.99. The summed E-state index contributed by atoms with van der Waals surface area (Å²) in [6.07, 6.45) is 7.21. The van der Waals surface area contributed by atoms with E-state index >= 15 is 0 Å². The van der Waals surface area contributed by atoms with Crippen molar-refractivity contribution < 1.29 is 9.66 Å². The van der Waals surface area contributed by atoms with Crippen molar-refractivity contribution in [2.45, 2.75) is 45.4 Å². The van der Waals surface area contributed by atoms with Crippen molar-refractivity contribution >= 4 is 37.5 Å². The molecule has 0 saturated heterocycles. The van der Waals surface area contributed by atoms with E-state index in [2.05, 4.69) is 38.8 Å². The van der Waals surface area contributed by atoms with Gasteiger partial charge < -0.3 is 4.74 Å². The number of unbranched alkanes of at least 4 members (excludes halogenated alkanes) is 5. The van der Waals surface area contributed by atoms with E-state index in [9.17, 15) is 10.1 Å². The average molecular weight is 409 g/mol. The summed E-state index contributed by atoms with van der Waals surface area (Å²) in [6.45, 7) is 2.83. The van der Waals surface area contributed by atoms with Crippen LogP contribution in [0.15, 0.2) is 21.1 Å². The lowest BCUT2D eigenvalue weighted by Gasteiger charge is -2.10. The summed E-state index contributed by atoms with van der Waals surface area (Å²) < 4.78 is 6.90. The van der Waals surface area contributed by atoms with Gasteiger partial charge in [0, 0.05) is 12.1 Å². The van der Waals surface area contributed by atoms with Gasteiger partial charge in [0.1, 0.15) is 5.75 Å². The third-order valence-corrected chi connectivity index (χ3v) is 4.12. The first-order valence-corrected chi connectivity index (χ1v) is 8.41. The fraction of sp³-hybridized carbons (Fsp3) is 0.571. The van der Waals surface area contributed by atoms with E-state index < -0.39 is 4.92 Å². The fourth-order valence-corrected chi connectivity index (χ4v) is 3.24. The Morgan fingerprint density at radius 3 is 2.20 bits per heavy atom. The second kappa shape index (κ2) is 9.34. The van der Waals surface area contributed by atoms with Gasteiger partial charge in [-0.2, -0.15) is 0 Å². The van der Waals surface area contributed by atoms with Crippen LogP contribution in [0.2, 0.25) is 0 Å². The van der Waals surface area contributed by atoms with Crippen LogP contribution >= 0.6 is 31.9 Å². The predicted molar refractivity (Wildman–Crippen MR) is 87.4 cm³/mol. The number of ether oxygens (including phenoxy) is 1. The van der Waals surface area contributed by atoms with Crippen LogP contribution in [0, 0.1) is 10.1 Å². The van der Waals surface area contributed by atoms with Crippen molar-refractivity contribution in [2.24, 2.45) is 0 Å². The Morgan fingerprint density at radius 1 is 1.10 bits per heavy atom. The highest BCUT2D eigenvalue weighted by atomic mass is 79.9. The molecule has 0 bridgehead atoms. The molecule has 0 heterocycles. The summed E-state index contributed by atoms with van der Waals surface area (Å²) >= 11 is 6.62. The SMILES string of the molecule is CCCCCCCCOc1c(Br)cc([N+](=O)[O-])cc1Br. The van der Waals surface area contributed by atoms with Gasteiger partial charge in [-0.05, 0) is 38.3 Å². The van der Waals surface area contributed by atoms with Crippen molar-refractivity contribution in [1.29, 1.82) is 0 Å². The number of hydrogen-bond donors (Lipinski definition) is 0. The maximum absolute atomic E-state index is 10.7. The van der Waals surface area contributed by atoms with Gasteiger partial charge in [0.05, 0.1) is 20.5 Å². The Morgan fingerprint density at radius 2 is 1.65 bits per heavy atom. The number of non-ortho nitro benzene ring substituents is 1. The lowest BCUT2D eigenvalue weighted by molar-refractivity contribution is -0.385. The third kappa shape index (κ3) is 5.79. The summed E-state index contributed by atoms with van der Waals surface area (Å²) in [5.74, 6) is 0.629. The minimum Gasteiger partial charge on any atom is -0.491 e. The number of nitro benzene ring substituents is 1. The summed E-state index contributed by atoms with van der Waals surface area (Å²) in [5.41, 5.74) is 0.0377. The van der Waals surface area contributed by atoms with E-state index in [0.717, 1.165) is 12.8 Å². The molecule has 0 aliphatic heterocycles. The first-order chi connectivity index (χ1) is 9.56. The van der Waals surface area contributed by atoms with E-state index in [4.69, 9.17) is 4.74 Å². The van der Waals surface area contributed by atoms with Crippen LogP contribution in [-0.4, -0.2) is 11.5 Å². The summed E-state index contributed by atoms with van der Waals surface area (Å²) in [7, 11) is 0. The standard InChI is InChI=1S/C14H19Br2NO3/c1-2-3-4-5-6-7-8-20-14-12(15)9-11(17(18)19)10-13(14)16/h9-10H,2-8H2,1H3. The van der Waals surface area contributed by atoms with Crippen molar-refractivity contribution in [3.05, 3.63) is 31.2 Å². The largest absolute Gasteiger partial charge is 0.491 e. The lowest BCUT2D eigenvalue weighted by atomic mass is 10.1. The van der Waals surface area contributed by atoms with Crippen LogP contribution in [0.3, 0.4) is 0 Å². The molecule has 0 aromatic heterocycles. The highest BCUT2D eigenvalue weighted by molar-refractivity contribution is 9.11. The van der Waals surface area contributed by atoms with Gasteiger partial charge in [-0.15, -0.1) is 0 Å². The molecule has 0 spiro atoms. The molecule has 0 N–H and O–H groups in total. The van der Waals surface area contributed by atoms with Gasteiger partial charge in [-0.3, -0.25) is 10.1 Å². The van der Waals surface area contributed by atoms with Crippen LogP contribution < -0.4 is 4.74 Å². The van der Waals surface area contributed by atoms with Gasteiger partial charge in [-0.25, -0.2) is 0 Å². The molecule has 20 heavy (non-hydrogen) atoms. The summed E-state index contributed by atoms with van der Waals surface area (Å²) in [6, 6.07) is 2.92. The molecular formula is C14H19Br2NO3. The molecule has 0 atom stereocenters. The zero-order chi connectivity index (χ0) is 15.0. The van der Waals surface area contributed by atoms with Crippen LogP contribution in [0.25, 0.3) is 0 Å². The van der Waals surface area contributed by atoms with E-state index in [1.54, 1.807) is 0 Å². The number of benzene rings is 1. The molecule has 0 radical (unpaired) electrons. The van der Waals surface area contributed by atoms with E-state index in [0.29, 0.717) is 21.3 Å². The van der Waals surface area contributed by atoms with E-state index in [-0.39, 0.29) is 5.69 Å². The highest BCUT2D eigenvalue weighted by Crippen LogP contribution is 2.37. The summed E-state index contributed by atoms with van der Waals surface area (Å²) in [5, 5.41) is 10.7. The van der Waals surface area contributed by atoms with Crippen molar-refractivity contribution in [3.63, 3.8) is 0 Å². The fourth-order valence-electron chi connectivity index (χ4n) is 1.85. The van der Waals surface area contributed by atoms with Gasteiger partial charge in [0.2, 0.25) is 0 Å². The Hall–Kier alpha value is -0.620. The maximum Gasteiger partial charge on any atom is 0.271 e. The van der Waals surface area contributed by atoms with Crippen LogP contribution in [0.1, 0.15) is 45.4 Å². The van der Waals surface area contributed by atoms with Gasteiger partial charge >= 0.3 is 0 Å². The average Bonchev–Trinajstić information content (AvgIpc) is 2.40. The number of hydrogen-bond acceptors (Lipinski definition) is 3. The maximum atomic E-state index is 10.7. The Balaban J connectivity index is 2.42. The van der Waals surface area contributed by atoms with E-state index in [1.165, 1.54) is 37.8 Å². The zero-order valence-electron chi connectivity index (χ0n) is 11.5. The number of rotatable bonds is 9. The second-order valence-corrected chi connectivity index (χ2v) is 6.32. The quantitative estimate of drug-likeness (QED) is 0.292. The van der Waals surface area contributed by atoms with Gasteiger partial charge in [-0.1, -0.05) is 39.0 Å². The first-order valence-electron chi connectivity index (χ1n) is 6.82. The first kappa shape index (κ1) is 17.4. The molecule has 112 valence electrons. The molecule has 0 aliphatic carbocycles. The number of nitro groups is 1. The van der Waals surface area contributed by atoms with Crippen molar-refractivity contribution in [2.75, 3.05) is 6.61 Å². The predicted octanol–water partition coefficient (Wildman–Crippen LogP) is 5.86. The monoisotopic (exact) mass is 407 g/mol. The molecule has 0 fully saturated rings. The van der Waals surface area contributed by atoms with Crippen LogP contribution in [-0.2, 0) is 0 Å². The molecule has 0 amide bonds. The molecule has 1 aromatic carbocycles. The zero-order valence-corrected chi connectivity index (χ0v) is 14.7. The van der Waals surface area contributed by atoms with Gasteiger partial charge in [0.25, 0.3) is 5.69 Å². The molecule has 4 nitrogen and oxygen atoms in total. The minimum absolute atomic E-state index is 0.0377. The smallest absolute Gasteiger partial charge is 0.271 e.